The molecule has 0 saturated heterocycles. The van der Waals surface area contributed by atoms with Crippen molar-refractivity contribution >= 4 is 6.09 Å². The van der Waals surface area contributed by atoms with Crippen molar-refractivity contribution in [3.8, 4) is 11.9 Å². The molecule has 0 aromatic carbocycles. The van der Waals surface area contributed by atoms with Gasteiger partial charge in [-0.1, -0.05) is 0 Å². The second kappa shape index (κ2) is 7.32. The summed E-state index contributed by atoms with van der Waals surface area (Å²) < 4.78 is 11.1. The summed E-state index contributed by atoms with van der Waals surface area (Å²) in [6.45, 7) is 5.53. The lowest BCUT2D eigenvalue weighted by Gasteiger charge is -2.30. The minimum atomic E-state index is -0.489. The van der Waals surface area contributed by atoms with Crippen molar-refractivity contribution in [3.63, 3.8) is 0 Å². The van der Waals surface area contributed by atoms with Gasteiger partial charge in [0.2, 0.25) is 5.88 Å². The smallest absolute Gasteiger partial charge is 0.407 e. The zero-order valence-corrected chi connectivity index (χ0v) is 13.8. The average molecular weight is 317 g/mol. The lowest BCUT2D eigenvalue weighted by Crippen LogP contribution is -2.42. The number of nitriles is 1. The molecule has 0 bridgehead atoms. The molecule has 1 heterocycles. The molecule has 1 amide bonds. The van der Waals surface area contributed by atoms with Crippen molar-refractivity contribution in [1.82, 2.24) is 10.3 Å². The molecule has 0 unspecified atom stereocenters. The van der Waals surface area contributed by atoms with Crippen LogP contribution in [0, 0.1) is 11.3 Å². The lowest BCUT2D eigenvalue weighted by molar-refractivity contribution is 0.0469. The number of carbonyl (C=O) groups is 1. The maximum Gasteiger partial charge on any atom is 0.407 e. The Balaban J connectivity index is 1.80. The second-order valence-electron chi connectivity index (χ2n) is 6.71. The van der Waals surface area contributed by atoms with Crippen LogP contribution in [-0.2, 0) is 4.74 Å². The lowest BCUT2D eigenvalue weighted by atomic mass is 9.93. The molecule has 1 aromatic rings. The van der Waals surface area contributed by atoms with Gasteiger partial charge >= 0.3 is 6.09 Å². The van der Waals surface area contributed by atoms with Crippen LogP contribution in [0.15, 0.2) is 18.3 Å². The third-order valence-corrected chi connectivity index (χ3v) is 3.56. The zero-order chi connectivity index (χ0) is 16.9. The summed E-state index contributed by atoms with van der Waals surface area (Å²) in [5.74, 6) is 0.388. The summed E-state index contributed by atoms with van der Waals surface area (Å²) in [4.78, 5) is 15.9. The number of hydrogen-bond donors (Lipinski definition) is 1. The van der Waals surface area contributed by atoms with Gasteiger partial charge in [-0.3, -0.25) is 0 Å². The summed E-state index contributed by atoms with van der Waals surface area (Å²) in [5, 5.41) is 11.9. The number of rotatable bonds is 3. The molecule has 1 fully saturated rings. The van der Waals surface area contributed by atoms with Crippen LogP contribution >= 0.6 is 0 Å². The van der Waals surface area contributed by atoms with Crippen molar-refractivity contribution in [2.24, 2.45) is 0 Å². The van der Waals surface area contributed by atoms with Gasteiger partial charge in [0.15, 0.2) is 0 Å². The third kappa shape index (κ3) is 5.44. The fraction of sp³-hybridized carbons (Fsp3) is 0.588. The van der Waals surface area contributed by atoms with Crippen LogP contribution < -0.4 is 10.1 Å². The number of carbonyl (C=O) groups excluding carboxylic acids is 1. The van der Waals surface area contributed by atoms with E-state index in [1.54, 1.807) is 18.3 Å². The molecule has 124 valence electrons. The number of pyridine rings is 1. The van der Waals surface area contributed by atoms with Crippen LogP contribution in [0.3, 0.4) is 0 Å². The van der Waals surface area contributed by atoms with E-state index in [2.05, 4.69) is 16.4 Å². The van der Waals surface area contributed by atoms with Gasteiger partial charge in [-0.2, -0.15) is 5.26 Å². The first kappa shape index (κ1) is 17.1. The average Bonchev–Trinajstić information content (AvgIpc) is 2.48. The van der Waals surface area contributed by atoms with E-state index >= 15 is 0 Å². The Hall–Kier alpha value is -2.29. The number of aromatic nitrogens is 1. The first-order chi connectivity index (χ1) is 10.9. The largest absolute Gasteiger partial charge is 0.473 e. The van der Waals surface area contributed by atoms with Crippen molar-refractivity contribution in [2.45, 2.75) is 64.2 Å². The molecule has 6 heteroatoms. The highest BCUT2D eigenvalue weighted by Gasteiger charge is 2.26. The number of alkyl carbamates (subject to hydrolysis) is 1. The van der Waals surface area contributed by atoms with Crippen molar-refractivity contribution in [2.75, 3.05) is 0 Å². The summed E-state index contributed by atoms with van der Waals surface area (Å²) in [7, 11) is 0. The molecule has 6 nitrogen and oxygen atoms in total. The summed E-state index contributed by atoms with van der Waals surface area (Å²) in [6.07, 6.45) is 4.51. The van der Waals surface area contributed by atoms with E-state index in [9.17, 15) is 4.79 Å². The van der Waals surface area contributed by atoms with Crippen LogP contribution in [0.2, 0.25) is 0 Å². The Morgan fingerprint density at radius 2 is 2.04 bits per heavy atom. The predicted molar refractivity (Wildman–Crippen MR) is 85.0 cm³/mol. The van der Waals surface area contributed by atoms with Gasteiger partial charge in [0.1, 0.15) is 23.3 Å². The molecule has 23 heavy (non-hydrogen) atoms. The highest BCUT2D eigenvalue weighted by molar-refractivity contribution is 5.68. The topological polar surface area (TPSA) is 84.2 Å². The van der Waals surface area contributed by atoms with Gasteiger partial charge in [-0.15, -0.1) is 0 Å². The van der Waals surface area contributed by atoms with Gasteiger partial charge < -0.3 is 14.8 Å². The fourth-order valence-corrected chi connectivity index (χ4v) is 2.53. The molecule has 0 radical (unpaired) electrons. The first-order valence-corrected chi connectivity index (χ1v) is 7.88. The van der Waals surface area contributed by atoms with Gasteiger partial charge in [-0.05, 0) is 58.6 Å². The van der Waals surface area contributed by atoms with E-state index < -0.39 is 5.60 Å². The van der Waals surface area contributed by atoms with E-state index in [0.29, 0.717) is 11.4 Å². The Morgan fingerprint density at radius 3 is 2.65 bits per heavy atom. The normalized spacial score (nSPS) is 21.1. The highest BCUT2D eigenvalue weighted by Crippen LogP contribution is 2.24. The van der Waals surface area contributed by atoms with Crippen LogP contribution in [0.5, 0.6) is 5.88 Å². The molecule has 1 aliphatic rings. The van der Waals surface area contributed by atoms with E-state index in [0.717, 1.165) is 25.7 Å². The minimum absolute atomic E-state index is 0.0219. The molecule has 0 atom stereocenters. The molecule has 1 aromatic heterocycles. The van der Waals surface area contributed by atoms with E-state index in [-0.39, 0.29) is 18.2 Å². The van der Waals surface area contributed by atoms with Crippen LogP contribution in [0.25, 0.3) is 0 Å². The minimum Gasteiger partial charge on any atom is -0.473 e. The molecular formula is C17H23N3O3. The van der Waals surface area contributed by atoms with Gasteiger partial charge in [-0.25, -0.2) is 9.78 Å². The van der Waals surface area contributed by atoms with Crippen LogP contribution in [-0.4, -0.2) is 28.8 Å². The monoisotopic (exact) mass is 317 g/mol. The Bertz CT molecular complexity index is 581. The quantitative estimate of drug-likeness (QED) is 0.925. The first-order valence-electron chi connectivity index (χ1n) is 7.88. The van der Waals surface area contributed by atoms with Crippen molar-refractivity contribution in [1.29, 1.82) is 5.26 Å². The number of ether oxygens (including phenoxy) is 2. The highest BCUT2D eigenvalue weighted by atomic mass is 16.6. The molecule has 1 N–H and O–H groups in total. The Morgan fingerprint density at radius 1 is 1.35 bits per heavy atom. The maximum absolute atomic E-state index is 11.8. The zero-order valence-electron chi connectivity index (χ0n) is 13.8. The Kier molecular flexibility index (Phi) is 5.43. The number of nitrogens with zero attached hydrogens (tertiary/aromatic N) is 2. The van der Waals surface area contributed by atoms with Gasteiger partial charge in [0, 0.05) is 12.2 Å². The Labute approximate surface area is 136 Å². The molecule has 1 aliphatic carbocycles. The second-order valence-corrected chi connectivity index (χ2v) is 6.71. The molecular weight excluding hydrogens is 294 g/mol. The van der Waals surface area contributed by atoms with E-state index in [1.165, 1.54) is 0 Å². The van der Waals surface area contributed by atoms with E-state index in [1.807, 2.05) is 20.8 Å². The third-order valence-electron chi connectivity index (χ3n) is 3.56. The summed E-state index contributed by atoms with van der Waals surface area (Å²) in [5.41, 5.74) is -0.0432. The maximum atomic E-state index is 11.8. The summed E-state index contributed by atoms with van der Waals surface area (Å²) >= 11 is 0. The van der Waals surface area contributed by atoms with Gasteiger partial charge in [0.05, 0.1) is 0 Å². The number of amides is 1. The fourth-order valence-electron chi connectivity index (χ4n) is 2.53. The standard InChI is InChI=1S/C17H23N3O3/c1-17(2,3)23-16(21)20-13-6-8-14(9-7-13)22-15-12(11-18)5-4-10-19-15/h4-5,10,13-14H,6-9H2,1-3H3,(H,20,21). The molecule has 1 saturated carbocycles. The molecule has 0 spiro atoms. The van der Waals surface area contributed by atoms with Gasteiger partial charge in [0.25, 0.3) is 0 Å². The predicted octanol–water partition coefficient (Wildman–Crippen LogP) is 3.17. The van der Waals surface area contributed by atoms with E-state index in [4.69, 9.17) is 14.7 Å². The SMILES string of the molecule is CC(C)(C)OC(=O)NC1CCC(Oc2ncccc2C#N)CC1. The van der Waals surface area contributed by atoms with Crippen LogP contribution in [0.1, 0.15) is 52.0 Å². The van der Waals surface area contributed by atoms with Crippen LogP contribution in [0.4, 0.5) is 4.79 Å². The summed E-state index contributed by atoms with van der Waals surface area (Å²) in [6, 6.07) is 5.59. The van der Waals surface area contributed by atoms with Crippen molar-refractivity contribution in [3.05, 3.63) is 23.9 Å². The molecule has 2 rings (SSSR count). The molecule has 0 aliphatic heterocycles. The van der Waals surface area contributed by atoms with Crippen molar-refractivity contribution < 1.29 is 14.3 Å². The number of nitrogens with one attached hydrogen (secondary N) is 1. The number of hydrogen-bond acceptors (Lipinski definition) is 5.